The quantitative estimate of drug-likeness (QED) is 0.529. The molecule has 4 rings (SSSR count). The van der Waals surface area contributed by atoms with Crippen LogP contribution in [0.5, 0.6) is 5.75 Å². The molecule has 3 aromatic rings. The molecule has 1 fully saturated rings. The Labute approximate surface area is 199 Å². The Kier molecular flexibility index (Phi) is 8.10. The molecular formula is C27H29N3O4. The maximum absolute atomic E-state index is 11.7. The second-order valence-corrected chi connectivity index (χ2v) is 8.34. The van der Waals surface area contributed by atoms with Gasteiger partial charge in [0.15, 0.2) is 0 Å². The lowest BCUT2D eigenvalue weighted by atomic mass is 9.93. The van der Waals surface area contributed by atoms with Gasteiger partial charge >= 0.3 is 0 Å². The molecule has 1 aliphatic heterocycles. The molecule has 1 aromatic heterocycles. The molecule has 2 heterocycles. The van der Waals surface area contributed by atoms with E-state index in [2.05, 4.69) is 51.0 Å². The van der Waals surface area contributed by atoms with E-state index in [0.717, 1.165) is 49.5 Å². The number of hydrogen-bond acceptors (Lipinski definition) is 6. The smallest absolute Gasteiger partial charge is 0.293 e. The fourth-order valence-corrected chi connectivity index (χ4v) is 3.98. The molecule has 0 saturated carbocycles. The van der Waals surface area contributed by atoms with Crippen LogP contribution in [0.2, 0.25) is 0 Å². The van der Waals surface area contributed by atoms with E-state index in [4.69, 9.17) is 9.47 Å². The molecule has 176 valence electrons. The Balaban J connectivity index is 1.41. The molecule has 2 N–H and O–H groups in total. The van der Waals surface area contributed by atoms with E-state index >= 15 is 0 Å². The summed E-state index contributed by atoms with van der Waals surface area (Å²) in [5.41, 5.74) is 4.01. The van der Waals surface area contributed by atoms with Crippen LogP contribution in [0.3, 0.4) is 0 Å². The highest BCUT2D eigenvalue weighted by Gasteiger charge is 2.17. The molecule has 1 saturated heterocycles. The summed E-state index contributed by atoms with van der Waals surface area (Å²) in [5.74, 6) is 6.05. The van der Waals surface area contributed by atoms with Gasteiger partial charge in [0.25, 0.3) is 5.56 Å². The largest absolute Gasteiger partial charge is 0.502 e. The average Bonchev–Trinajstić information content (AvgIpc) is 2.87. The molecule has 1 aliphatic rings. The fourth-order valence-electron chi connectivity index (χ4n) is 3.98. The predicted octanol–water partition coefficient (Wildman–Crippen LogP) is 2.68. The third-order valence-electron chi connectivity index (χ3n) is 5.91. The zero-order valence-corrected chi connectivity index (χ0v) is 19.3. The van der Waals surface area contributed by atoms with Gasteiger partial charge in [-0.15, -0.1) is 0 Å². The van der Waals surface area contributed by atoms with Crippen molar-refractivity contribution in [2.45, 2.75) is 18.9 Å². The summed E-state index contributed by atoms with van der Waals surface area (Å²) in [7, 11) is 1.63. The number of morpholine rings is 1. The lowest BCUT2D eigenvalue weighted by molar-refractivity contribution is 0.0342. The predicted molar refractivity (Wildman–Crippen MR) is 130 cm³/mol. The van der Waals surface area contributed by atoms with E-state index in [9.17, 15) is 9.90 Å². The molecule has 0 aliphatic carbocycles. The van der Waals surface area contributed by atoms with Crippen LogP contribution in [0.15, 0.2) is 59.7 Å². The molecular weight excluding hydrogens is 430 g/mol. The van der Waals surface area contributed by atoms with Crippen molar-refractivity contribution >= 4 is 0 Å². The first kappa shape index (κ1) is 23.7. The van der Waals surface area contributed by atoms with Crippen LogP contribution in [0, 0.1) is 11.8 Å². The van der Waals surface area contributed by atoms with E-state index < -0.39 is 5.56 Å². The van der Waals surface area contributed by atoms with Crippen molar-refractivity contribution in [3.05, 3.63) is 93.2 Å². The highest BCUT2D eigenvalue weighted by atomic mass is 16.5. The molecule has 0 radical (unpaired) electrons. The Hall–Kier alpha value is -3.44. The minimum Gasteiger partial charge on any atom is -0.502 e. The van der Waals surface area contributed by atoms with Crippen LogP contribution in [-0.4, -0.2) is 60.0 Å². The van der Waals surface area contributed by atoms with Crippen LogP contribution in [0.1, 0.15) is 33.9 Å². The monoisotopic (exact) mass is 459 g/mol. The first-order valence-electron chi connectivity index (χ1n) is 11.4. The average molecular weight is 460 g/mol. The number of nitrogens with zero attached hydrogens (tertiary/aromatic N) is 2. The minimum atomic E-state index is -0.541. The molecule has 34 heavy (non-hydrogen) atoms. The summed E-state index contributed by atoms with van der Waals surface area (Å²) >= 11 is 0. The normalized spacial score (nSPS) is 14.9. The van der Waals surface area contributed by atoms with Crippen LogP contribution in [0.25, 0.3) is 0 Å². The van der Waals surface area contributed by atoms with Gasteiger partial charge in [-0.25, -0.2) is 4.98 Å². The maximum Gasteiger partial charge on any atom is 0.293 e. The van der Waals surface area contributed by atoms with Crippen LogP contribution < -0.4 is 5.56 Å². The summed E-state index contributed by atoms with van der Waals surface area (Å²) in [5, 5.41) is 10.0. The van der Waals surface area contributed by atoms with Gasteiger partial charge in [-0.05, 0) is 35.4 Å². The standard InChI is InChI=1S/C27H29N3O4/c1-33-18-24(16-25-26(31)27(32)29-19-28-25)23-10-8-21(9-11-23)3-2-20-4-6-22(7-5-20)17-30-12-14-34-15-13-30/h4-11,19,24,31H,12-18H2,1H3,(H,28,29,32). The molecule has 7 nitrogen and oxygen atoms in total. The second-order valence-electron chi connectivity index (χ2n) is 8.34. The number of ether oxygens (including phenoxy) is 2. The number of hydrogen-bond donors (Lipinski definition) is 2. The van der Waals surface area contributed by atoms with E-state index in [0.29, 0.717) is 18.7 Å². The van der Waals surface area contributed by atoms with Crippen LogP contribution in [-0.2, 0) is 22.4 Å². The number of aromatic nitrogens is 2. The Morgan fingerprint density at radius 3 is 2.38 bits per heavy atom. The van der Waals surface area contributed by atoms with Gasteiger partial charge in [0.2, 0.25) is 5.75 Å². The summed E-state index contributed by atoms with van der Waals surface area (Å²) in [6.07, 6.45) is 1.69. The number of benzene rings is 2. The lowest BCUT2D eigenvalue weighted by Crippen LogP contribution is -2.35. The topological polar surface area (TPSA) is 87.7 Å². The molecule has 0 spiro atoms. The number of H-pyrrole nitrogens is 1. The molecule has 1 atom stereocenters. The van der Waals surface area contributed by atoms with E-state index in [-0.39, 0.29) is 11.7 Å². The number of aromatic hydroxyl groups is 1. The summed E-state index contributed by atoms with van der Waals surface area (Å²) in [4.78, 5) is 20.5. The number of methoxy groups -OCH3 is 1. The van der Waals surface area contributed by atoms with Crippen molar-refractivity contribution in [3.63, 3.8) is 0 Å². The van der Waals surface area contributed by atoms with Crippen LogP contribution in [0.4, 0.5) is 0 Å². The first-order valence-corrected chi connectivity index (χ1v) is 11.4. The molecule has 0 bridgehead atoms. The second kappa shape index (κ2) is 11.6. The van der Waals surface area contributed by atoms with Gasteiger partial charge in [-0.2, -0.15) is 0 Å². The van der Waals surface area contributed by atoms with Gasteiger partial charge < -0.3 is 19.6 Å². The van der Waals surface area contributed by atoms with E-state index in [1.54, 1.807) is 7.11 Å². The lowest BCUT2D eigenvalue weighted by Gasteiger charge is -2.26. The summed E-state index contributed by atoms with van der Waals surface area (Å²) in [6.45, 7) is 4.94. The zero-order chi connectivity index (χ0) is 23.8. The first-order chi connectivity index (χ1) is 16.6. The van der Waals surface area contributed by atoms with Crippen molar-refractivity contribution < 1.29 is 14.6 Å². The maximum atomic E-state index is 11.7. The minimum absolute atomic E-state index is 0.0498. The van der Waals surface area contributed by atoms with E-state index in [1.165, 1.54) is 11.9 Å². The third kappa shape index (κ3) is 6.33. The SMILES string of the molecule is COCC(Cc1nc[nH]c(=O)c1O)c1ccc(C#Cc2ccc(CN3CCOCC3)cc2)cc1. The van der Waals surface area contributed by atoms with Crippen molar-refractivity contribution in [1.82, 2.24) is 14.9 Å². The number of rotatable bonds is 7. The molecule has 2 aromatic carbocycles. The van der Waals surface area contributed by atoms with Gasteiger partial charge in [0.05, 0.1) is 31.8 Å². The van der Waals surface area contributed by atoms with Crippen molar-refractivity contribution in [2.75, 3.05) is 40.0 Å². The van der Waals surface area contributed by atoms with Gasteiger partial charge in [0.1, 0.15) is 0 Å². The Morgan fingerprint density at radius 1 is 1.09 bits per heavy atom. The van der Waals surface area contributed by atoms with Crippen molar-refractivity contribution in [3.8, 4) is 17.6 Å². The van der Waals surface area contributed by atoms with Crippen molar-refractivity contribution in [1.29, 1.82) is 0 Å². The van der Waals surface area contributed by atoms with Gasteiger partial charge in [-0.3, -0.25) is 9.69 Å². The van der Waals surface area contributed by atoms with Crippen LogP contribution >= 0.6 is 0 Å². The number of nitrogens with one attached hydrogen (secondary N) is 1. The zero-order valence-electron chi connectivity index (χ0n) is 19.3. The third-order valence-corrected chi connectivity index (χ3v) is 5.91. The summed E-state index contributed by atoms with van der Waals surface area (Å²) in [6, 6.07) is 16.4. The molecule has 1 unspecified atom stereocenters. The van der Waals surface area contributed by atoms with Crippen molar-refractivity contribution in [2.24, 2.45) is 0 Å². The molecule has 0 amide bonds. The van der Waals surface area contributed by atoms with Gasteiger partial charge in [0, 0.05) is 50.2 Å². The molecule has 7 heteroatoms. The van der Waals surface area contributed by atoms with Gasteiger partial charge in [-0.1, -0.05) is 36.1 Å². The highest BCUT2D eigenvalue weighted by molar-refractivity contribution is 5.44. The summed E-state index contributed by atoms with van der Waals surface area (Å²) < 4.78 is 10.8. The Bertz CT molecular complexity index is 1190. The highest BCUT2D eigenvalue weighted by Crippen LogP contribution is 2.23. The van der Waals surface area contributed by atoms with E-state index in [1.807, 2.05) is 24.3 Å². The Morgan fingerprint density at radius 2 is 1.74 bits per heavy atom. The fraction of sp³-hybridized carbons (Fsp3) is 0.333. The number of aromatic amines is 1.